The van der Waals surface area contributed by atoms with Crippen molar-refractivity contribution in [2.24, 2.45) is 0 Å². The minimum absolute atomic E-state index is 0.699. The summed E-state index contributed by atoms with van der Waals surface area (Å²) >= 11 is 1.70. The summed E-state index contributed by atoms with van der Waals surface area (Å²) in [4.78, 5) is 14.2. The molecule has 1 aliphatic rings. The number of pyridine rings is 2. The van der Waals surface area contributed by atoms with E-state index in [0.29, 0.717) is 6.61 Å². The molecule has 0 spiro atoms. The molecular weight excluding hydrogens is 402 g/mol. The van der Waals surface area contributed by atoms with Crippen molar-refractivity contribution in [1.29, 1.82) is 0 Å². The summed E-state index contributed by atoms with van der Waals surface area (Å²) in [5.74, 6) is 0.932. The molecule has 4 aromatic rings. The predicted molar refractivity (Wildman–Crippen MR) is 125 cm³/mol. The average Bonchev–Trinajstić information content (AvgIpc) is 3.40. The molecule has 3 aromatic heterocycles. The fraction of sp³-hybridized carbons (Fsp3) is 0.192. The Morgan fingerprint density at radius 3 is 2.71 bits per heavy atom. The molecule has 0 amide bonds. The van der Waals surface area contributed by atoms with Crippen LogP contribution in [-0.2, 0) is 12.8 Å². The molecule has 0 radical (unpaired) electrons. The minimum atomic E-state index is 0.699. The number of fused-ring (bicyclic) bond motifs is 1. The van der Waals surface area contributed by atoms with Crippen LogP contribution in [0.2, 0.25) is 0 Å². The molecule has 0 N–H and O–H groups in total. The summed E-state index contributed by atoms with van der Waals surface area (Å²) in [7, 11) is 0. The molecule has 31 heavy (non-hydrogen) atoms. The zero-order chi connectivity index (χ0) is 21.0. The molecule has 0 unspecified atom stereocenters. The second kappa shape index (κ2) is 8.82. The van der Waals surface area contributed by atoms with Crippen LogP contribution in [-0.4, -0.2) is 21.6 Å². The van der Waals surface area contributed by atoms with Gasteiger partial charge in [0, 0.05) is 30.4 Å². The molecule has 154 valence electrons. The van der Waals surface area contributed by atoms with Gasteiger partial charge in [0.05, 0.1) is 22.7 Å². The van der Waals surface area contributed by atoms with Crippen molar-refractivity contribution in [3.63, 3.8) is 0 Å². The largest absolute Gasteiger partial charge is 0.494 e. The molecule has 0 bridgehead atoms. The van der Waals surface area contributed by atoms with Crippen LogP contribution in [0.3, 0.4) is 0 Å². The fourth-order valence-electron chi connectivity index (χ4n) is 4.10. The van der Waals surface area contributed by atoms with E-state index in [1.54, 1.807) is 11.3 Å². The Labute approximate surface area is 186 Å². The van der Waals surface area contributed by atoms with Crippen molar-refractivity contribution >= 4 is 22.5 Å². The SMILES string of the molecule is Cc1ncsc1C1=C(c2cccnc2)Cc2cc(OCCCc3ccncc3)ccc21. The predicted octanol–water partition coefficient (Wildman–Crippen LogP) is 5.77. The first-order chi connectivity index (χ1) is 15.3. The van der Waals surface area contributed by atoms with Crippen molar-refractivity contribution < 1.29 is 4.74 Å². The molecule has 0 aliphatic heterocycles. The number of aromatic nitrogens is 3. The van der Waals surface area contributed by atoms with E-state index < -0.39 is 0 Å². The van der Waals surface area contributed by atoms with Gasteiger partial charge in [0.15, 0.2) is 0 Å². The zero-order valence-corrected chi connectivity index (χ0v) is 18.2. The van der Waals surface area contributed by atoms with Crippen molar-refractivity contribution in [1.82, 2.24) is 15.0 Å². The summed E-state index contributed by atoms with van der Waals surface area (Å²) in [5.41, 5.74) is 10.6. The van der Waals surface area contributed by atoms with E-state index in [1.807, 2.05) is 36.4 Å². The third-order valence-electron chi connectivity index (χ3n) is 5.63. The highest BCUT2D eigenvalue weighted by atomic mass is 32.1. The van der Waals surface area contributed by atoms with E-state index in [9.17, 15) is 0 Å². The molecule has 4 nitrogen and oxygen atoms in total. The Kier molecular flexibility index (Phi) is 5.59. The number of rotatable bonds is 7. The molecule has 1 aromatic carbocycles. The Bertz CT molecular complexity index is 1220. The van der Waals surface area contributed by atoms with Gasteiger partial charge in [-0.25, -0.2) is 4.98 Å². The van der Waals surface area contributed by atoms with Crippen LogP contribution < -0.4 is 4.74 Å². The number of aryl methyl sites for hydroxylation is 2. The van der Waals surface area contributed by atoms with Gasteiger partial charge in [-0.15, -0.1) is 11.3 Å². The lowest BCUT2D eigenvalue weighted by Gasteiger charge is -2.10. The topological polar surface area (TPSA) is 47.9 Å². The van der Waals surface area contributed by atoms with E-state index in [2.05, 4.69) is 58.3 Å². The monoisotopic (exact) mass is 425 g/mol. The molecule has 5 heteroatoms. The van der Waals surface area contributed by atoms with E-state index in [4.69, 9.17) is 4.74 Å². The molecule has 1 aliphatic carbocycles. The van der Waals surface area contributed by atoms with Gasteiger partial charge >= 0.3 is 0 Å². The van der Waals surface area contributed by atoms with Gasteiger partial charge < -0.3 is 4.74 Å². The van der Waals surface area contributed by atoms with Gasteiger partial charge in [-0.1, -0.05) is 12.1 Å². The highest BCUT2D eigenvalue weighted by molar-refractivity contribution is 7.11. The lowest BCUT2D eigenvalue weighted by Crippen LogP contribution is -2.00. The van der Waals surface area contributed by atoms with Crippen LogP contribution >= 0.6 is 11.3 Å². The maximum atomic E-state index is 6.09. The first-order valence-electron chi connectivity index (χ1n) is 10.5. The second-order valence-electron chi connectivity index (χ2n) is 7.67. The standard InChI is InChI=1S/C26H23N3OS/c1-18-26(31-17-29-18)25-23-7-6-22(30-13-3-4-19-8-11-27-12-9-19)14-21(23)15-24(25)20-5-2-10-28-16-20/h2,5-12,14,16-17H,3-4,13,15H2,1H3. The zero-order valence-electron chi connectivity index (χ0n) is 17.4. The molecule has 0 fully saturated rings. The first kappa shape index (κ1) is 19.6. The molecule has 0 saturated heterocycles. The number of benzene rings is 1. The highest BCUT2D eigenvalue weighted by Crippen LogP contribution is 2.45. The number of ether oxygens (including phenoxy) is 1. The maximum Gasteiger partial charge on any atom is 0.119 e. The molecule has 0 atom stereocenters. The number of thiazole rings is 1. The summed E-state index contributed by atoms with van der Waals surface area (Å²) in [6, 6.07) is 14.7. The van der Waals surface area contributed by atoms with Crippen LogP contribution in [0.4, 0.5) is 0 Å². The van der Waals surface area contributed by atoms with Gasteiger partial charge in [-0.2, -0.15) is 0 Å². The Morgan fingerprint density at radius 2 is 1.94 bits per heavy atom. The number of allylic oxidation sites excluding steroid dienone is 1. The molecule has 5 rings (SSSR count). The average molecular weight is 426 g/mol. The van der Waals surface area contributed by atoms with Gasteiger partial charge in [0.2, 0.25) is 0 Å². The maximum absolute atomic E-state index is 6.09. The van der Waals surface area contributed by atoms with Crippen molar-refractivity contribution in [2.75, 3.05) is 6.61 Å². The third kappa shape index (κ3) is 4.14. The Morgan fingerprint density at radius 1 is 1.03 bits per heavy atom. The normalized spacial score (nSPS) is 12.8. The fourth-order valence-corrected chi connectivity index (χ4v) is 4.99. The number of hydrogen-bond acceptors (Lipinski definition) is 5. The van der Waals surface area contributed by atoms with E-state index >= 15 is 0 Å². The lowest BCUT2D eigenvalue weighted by molar-refractivity contribution is 0.311. The molecule has 3 heterocycles. The number of hydrogen-bond donors (Lipinski definition) is 0. The quantitative estimate of drug-likeness (QED) is 0.353. The highest BCUT2D eigenvalue weighted by Gasteiger charge is 2.26. The van der Waals surface area contributed by atoms with E-state index in [0.717, 1.165) is 30.7 Å². The van der Waals surface area contributed by atoms with Gasteiger partial charge in [-0.3, -0.25) is 9.97 Å². The van der Waals surface area contributed by atoms with Crippen LogP contribution in [0.5, 0.6) is 5.75 Å². The van der Waals surface area contributed by atoms with Crippen molar-refractivity contribution in [2.45, 2.75) is 26.2 Å². The first-order valence-corrected chi connectivity index (χ1v) is 11.4. The van der Waals surface area contributed by atoms with Crippen LogP contribution in [0.1, 0.15) is 39.2 Å². The van der Waals surface area contributed by atoms with E-state index in [-0.39, 0.29) is 0 Å². The minimum Gasteiger partial charge on any atom is -0.494 e. The summed E-state index contributed by atoms with van der Waals surface area (Å²) in [5, 5.41) is 0. The molecule has 0 saturated carbocycles. The Hall–Kier alpha value is -3.31. The summed E-state index contributed by atoms with van der Waals surface area (Å²) < 4.78 is 6.09. The van der Waals surface area contributed by atoms with Crippen LogP contribution in [0.25, 0.3) is 11.1 Å². The Balaban J connectivity index is 1.37. The van der Waals surface area contributed by atoms with Gasteiger partial charge in [-0.05, 0) is 84.3 Å². The van der Waals surface area contributed by atoms with Gasteiger partial charge in [0.25, 0.3) is 0 Å². The van der Waals surface area contributed by atoms with Gasteiger partial charge in [0.1, 0.15) is 5.75 Å². The summed E-state index contributed by atoms with van der Waals surface area (Å²) in [6.45, 7) is 2.78. The summed E-state index contributed by atoms with van der Waals surface area (Å²) in [6.07, 6.45) is 10.3. The lowest BCUT2D eigenvalue weighted by atomic mass is 10.00. The van der Waals surface area contributed by atoms with Crippen molar-refractivity contribution in [3.05, 3.63) is 106 Å². The number of nitrogens with zero attached hydrogens (tertiary/aromatic N) is 3. The van der Waals surface area contributed by atoms with Crippen LogP contribution in [0, 0.1) is 6.92 Å². The second-order valence-corrected chi connectivity index (χ2v) is 8.52. The third-order valence-corrected chi connectivity index (χ3v) is 6.57. The van der Waals surface area contributed by atoms with Crippen LogP contribution in [0.15, 0.2) is 72.8 Å². The van der Waals surface area contributed by atoms with Crippen molar-refractivity contribution in [3.8, 4) is 5.75 Å². The smallest absolute Gasteiger partial charge is 0.119 e. The molecular formula is C26H23N3OS. The van der Waals surface area contributed by atoms with E-state index in [1.165, 1.54) is 38.3 Å².